The highest BCUT2D eigenvalue weighted by Crippen LogP contribution is 2.41. The van der Waals surface area contributed by atoms with E-state index in [1.54, 1.807) is 42.8 Å². The van der Waals surface area contributed by atoms with Crippen molar-refractivity contribution in [3.8, 4) is 0 Å². The Morgan fingerprint density at radius 1 is 0.372 bits per heavy atom. The number of imidazole rings is 4. The number of rotatable bonds is 20. The van der Waals surface area contributed by atoms with Gasteiger partial charge < -0.3 is 38.7 Å². The lowest BCUT2D eigenvalue weighted by Crippen LogP contribution is -2.40. The van der Waals surface area contributed by atoms with Gasteiger partial charge in [-0.3, -0.25) is 19.2 Å². The first kappa shape index (κ1) is 84.8. The van der Waals surface area contributed by atoms with E-state index in [0.29, 0.717) is 16.3 Å². The molecule has 0 amide bonds. The van der Waals surface area contributed by atoms with Gasteiger partial charge in [0.1, 0.15) is 22.4 Å². The highest BCUT2D eigenvalue weighted by atomic mass is 35.5. The van der Waals surface area contributed by atoms with Crippen molar-refractivity contribution in [2.45, 2.75) is 148 Å². The molecular formula is C83H72ClF9N12O8. The van der Waals surface area contributed by atoms with Crippen molar-refractivity contribution in [2.75, 3.05) is 0 Å². The summed E-state index contributed by atoms with van der Waals surface area (Å²) in [5, 5.41) is 43.2. The fourth-order valence-corrected chi connectivity index (χ4v) is 12.7. The summed E-state index contributed by atoms with van der Waals surface area (Å²) in [6.45, 7) is 40.6. The van der Waals surface area contributed by atoms with Gasteiger partial charge in [-0.1, -0.05) is 133 Å². The van der Waals surface area contributed by atoms with Crippen LogP contribution in [-0.2, 0) is 89.6 Å². The maximum Gasteiger partial charge on any atom is 0.407 e. The number of aromatic nitrogens is 8. The molecule has 582 valence electrons. The van der Waals surface area contributed by atoms with E-state index in [1.165, 1.54) is 64.9 Å². The Morgan fingerprint density at radius 2 is 0.637 bits per heavy atom. The van der Waals surface area contributed by atoms with Crippen LogP contribution >= 0.6 is 11.6 Å². The molecular weight excluding hydrogens is 1500 g/mol. The number of Topliss-reactive ketones (excluding diaryl/α,β-unsaturated/α-hetero) is 4. The normalized spacial score (nSPS) is 13.7. The number of para-hydroxylation sites is 4. The predicted molar refractivity (Wildman–Crippen MR) is 406 cm³/mol. The van der Waals surface area contributed by atoms with Crippen molar-refractivity contribution in [2.24, 2.45) is 0 Å². The third-order valence-electron chi connectivity index (χ3n) is 18.8. The van der Waals surface area contributed by atoms with Crippen LogP contribution in [0, 0.1) is 54.0 Å². The summed E-state index contributed by atoms with van der Waals surface area (Å²) >= 11 is 6.02. The average Bonchev–Trinajstić information content (AvgIpc) is 1.64. The zero-order chi connectivity index (χ0) is 83.1. The molecule has 8 aromatic carbocycles. The molecule has 4 atom stereocenters. The zero-order valence-electron chi connectivity index (χ0n) is 61.9. The zero-order valence-corrected chi connectivity index (χ0v) is 62.6. The predicted octanol–water partition coefficient (Wildman–Crippen LogP) is 17.5. The number of carbonyl (C=O) groups is 4. The SMILES string of the molecule is [C-]#[N+]c1ccc(CC(=O)[C@@](C)(O)Cn2cnc3c(C)cccc32)cc1C(F)(F)F.[C-]#[N+]c1ccc(CC(=O)[C@@](C)(O)Cn2cnc3c(C)cccc32)cc1C(F)(F)F.[C-]#[N+]c1ccc(CC(=O)[C@@](C)(O)Cn2cnc3c(C)cccc32)cc1Cl.[C-]#[N+]c1ccc(CC(=O)[C@@](C)(O)Cn2cnc3cccc(C)c32)cc1C(F)(F)F. The van der Waals surface area contributed by atoms with E-state index in [-0.39, 0.29) is 74.3 Å². The van der Waals surface area contributed by atoms with Gasteiger partial charge in [-0.15, -0.1) is 0 Å². The minimum absolute atomic E-state index is 0.0384. The monoisotopic (exact) mass is 1570 g/mol. The van der Waals surface area contributed by atoms with Gasteiger partial charge >= 0.3 is 18.5 Å². The number of hydrogen-bond donors (Lipinski definition) is 4. The van der Waals surface area contributed by atoms with Gasteiger partial charge in [-0.2, -0.15) is 39.5 Å². The van der Waals surface area contributed by atoms with Crippen molar-refractivity contribution in [3.63, 3.8) is 0 Å². The summed E-state index contributed by atoms with van der Waals surface area (Å²) in [5.74, 6) is -2.21. The Kier molecular flexibility index (Phi) is 25.3. The maximum absolute atomic E-state index is 13.1. The minimum atomic E-state index is -4.70. The maximum atomic E-state index is 13.1. The van der Waals surface area contributed by atoms with E-state index >= 15 is 0 Å². The van der Waals surface area contributed by atoms with Crippen molar-refractivity contribution >= 4 is 102 Å². The number of fused-ring (bicyclic) bond motifs is 4. The molecule has 0 aliphatic carbocycles. The molecule has 0 saturated heterocycles. The first-order chi connectivity index (χ1) is 52.9. The third-order valence-corrected chi connectivity index (χ3v) is 19.1. The lowest BCUT2D eigenvalue weighted by Gasteiger charge is -2.23. The number of alkyl halides is 9. The van der Waals surface area contributed by atoms with E-state index < -0.39 is 92.0 Å². The van der Waals surface area contributed by atoms with Gasteiger partial charge in [-0.05, 0) is 124 Å². The van der Waals surface area contributed by atoms with Crippen LogP contribution in [0.1, 0.15) is 88.9 Å². The van der Waals surface area contributed by atoms with Gasteiger partial charge in [0.25, 0.3) is 0 Å². The molecule has 4 aromatic heterocycles. The number of ketones is 4. The van der Waals surface area contributed by atoms with Gasteiger partial charge in [0.2, 0.25) is 5.69 Å². The van der Waals surface area contributed by atoms with E-state index in [0.717, 1.165) is 103 Å². The summed E-state index contributed by atoms with van der Waals surface area (Å²) in [6.07, 6.45) is -9.03. The van der Waals surface area contributed by atoms with Gasteiger partial charge in [0, 0.05) is 30.7 Å². The molecule has 20 nitrogen and oxygen atoms in total. The van der Waals surface area contributed by atoms with Crippen LogP contribution in [0.2, 0.25) is 5.02 Å². The van der Waals surface area contributed by atoms with Crippen LogP contribution in [0.15, 0.2) is 171 Å². The smallest absolute Gasteiger partial charge is 0.380 e. The Hall–Kier alpha value is -12.2. The standard InChI is InChI=1S/3C21H18F3N3O2.C20H18ClN3O2/c2*1-13-5-4-6-17-19(13)26-12-27(17)11-20(2,29)18(28)10-14-7-8-16(25-3)15(9-14)21(22,23)24;1-13-5-4-6-17-19(13)27(12-26-17)11-20(2,29)18(28)10-14-7-8-16(25-3)15(9-14)21(22,23)24;1-13-5-4-6-17-19(13)23-12-24(17)11-20(2,26)18(25)10-14-7-8-16(22-3)15(21)9-14/h3*4-9,12,29H,10-11H2,1-2H3;4-9,12,26H,10-11H2,1-2H3/t4*20-/m0000/s1. The molecule has 30 heteroatoms. The Morgan fingerprint density at radius 3 is 0.929 bits per heavy atom. The Balaban J connectivity index is 0.000000173. The first-order valence-corrected chi connectivity index (χ1v) is 34.8. The second kappa shape index (κ2) is 33.8. The van der Waals surface area contributed by atoms with Crippen LogP contribution in [0.25, 0.3) is 63.5 Å². The fraction of sp³-hybridized carbons (Fsp3) is 0.277. The van der Waals surface area contributed by atoms with Gasteiger partial charge in [-0.25, -0.2) is 39.3 Å². The van der Waals surface area contributed by atoms with Crippen molar-refractivity contribution in [1.82, 2.24) is 38.2 Å². The fourth-order valence-electron chi connectivity index (χ4n) is 12.5. The van der Waals surface area contributed by atoms with Crippen LogP contribution in [0.3, 0.4) is 0 Å². The highest BCUT2D eigenvalue weighted by Gasteiger charge is 2.40. The quantitative estimate of drug-likeness (QED) is 0.0412. The molecule has 4 heterocycles. The largest absolute Gasteiger partial charge is 0.407 e. The second-order valence-corrected chi connectivity index (χ2v) is 28.4. The molecule has 0 spiro atoms. The summed E-state index contributed by atoms with van der Waals surface area (Å²) in [5.41, 5.74) is -0.473. The molecule has 12 aromatic rings. The lowest BCUT2D eigenvalue weighted by molar-refractivity contribution is -0.138. The molecule has 0 fully saturated rings. The molecule has 0 radical (unpaired) electrons. The average molecular weight is 1570 g/mol. The molecule has 0 bridgehead atoms. The number of benzene rings is 8. The topological polar surface area (TPSA) is 238 Å². The van der Waals surface area contributed by atoms with E-state index in [2.05, 4.69) is 39.3 Å². The molecule has 4 N–H and O–H groups in total. The number of halogens is 10. The van der Waals surface area contributed by atoms with E-state index in [4.69, 9.17) is 37.9 Å². The number of nitrogens with zero attached hydrogens (tertiary/aromatic N) is 12. The van der Waals surface area contributed by atoms with Crippen LogP contribution in [0.4, 0.5) is 62.3 Å². The first-order valence-electron chi connectivity index (χ1n) is 34.4. The summed E-state index contributed by atoms with van der Waals surface area (Å²) in [4.78, 5) is 79.8. The van der Waals surface area contributed by atoms with E-state index in [1.807, 2.05) is 100 Å². The summed E-state index contributed by atoms with van der Waals surface area (Å²) in [7, 11) is 0. The number of aliphatic hydroxyl groups is 4. The van der Waals surface area contributed by atoms with Crippen LogP contribution < -0.4 is 0 Å². The number of carbonyl (C=O) groups excluding carboxylic acids is 4. The third kappa shape index (κ3) is 20.1. The lowest BCUT2D eigenvalue weighted by atomic mass is 9.93. The Bertz CT molecular complexity index is 5640. The van der Waals surface area contributed by atoms with Gasteiger partial charge in [0.05, 0.1) is 139 Å². The summed E-state index contributed by atoms with van der Waals surface area (Å²) in [6, 6.07) is 36.7. The number of aryl methyl sites for hydroxylation is 4. The van der Waals surface area contributed by atoms with Gasteiger partial charge in [0.15, 0.2) is 40.2 Å². The second-order valence-electron chi connectivity index (χ2n) is 28.0. The molecule has 0 aliphatic heterocycles. The number of hydrogen-bond acceptors (Lipinski definition) is 12. The van der Waals surface area contributed by atoms with Crippen molar-refractivity contribution in [1.29, 1.82) is 0 Å². The van der Waals surface area contributed by atoms with Crippen LogP contribution in [-0.4, -0.2) is 104 Å². The summed E-state index contributed by atoms with van der Waals surface area (Å²) < 4.78 is 125. The minimum Gasteiger partial charge on any atom is -0.380 e. The van der Waals surface area contributed by atoms with Crippen molar-refractivity contribution < 1.29 is 79.1 Å². The molecule has 0 unspecified atom stereocenters. The van der Waals surface area contributed by atoms with E-state index in [9.17, 15) is 79.1 Å². The molecule has 12 rings (SSSR count). The van der Waals surface area contributed by atoms with Crippen LogP contribution in [0.5, 0.6) is 0 Å². The molecule has 113 heavy (non-hydrogen) atoms. The highest BCUT2D eigenvalue weighted by molar-refractivity contribution is 6.33. The molecule has 0 saturated carbocycles. The Labute approximate surface area is 646 Å². The van der Waals surface area contributed by atoms with Crippen molar-refractivity contribution in [3.05, 3.63) is 283 Å². The molecule has 0 aliphatic rings.